The van der Waals surface area contributed by atoms with Crippen molar-refractivity contribution < 1.29 is 13.9 Å². The summed E-state index contributed by atoms with van der Waals surface area (Å²) in [5.74, 6) is -0.933. The molecule has 1 nitrogen and oxygen atoms in total. The molecule has 0 radical (unpaired) electrons. The van der Waals surface area contributed by atoms with Crippen LogP contribution in [0.25, 0.3) is 0 Å². The smallest absolute Gasteiger partial charge is 0.126 e. The average molecular weight is 214 g/mol. The van der Waals surface area contributed by atoms with Gasteiger partial charge in [0.2, 0.25) is 0 Å². The van der Waals surface area contributed by atoms with Crippen LogP contribution in [0.4, 0.5) is 8.78 Å². The van der Waals surface area contributed by atoms with E-state index in [9.17, 15) is 13.9 Å². The van der Waals surface area contributed by atoms with Crippen LogP contribution in [-0.2, 0) is 6.42 Å². The minimum absolute atomic E-state index is 0.156. The molecule has 1 rings (SSSR count). The van der Waals surface area contributed by atoms with Gasteiger partial charge in [0, 0.05) is 6.42 Å². The minimum atomic E-state index is -0.936. The fourth-order valence-corrected chi connectivity index (χ4v) is 1.53. The summed E-state index contributed by atoms with van der Waals surface area (Å²) in [5, 5.41) is 10.0. The summed E-state index contributed by atoms with van der Waals surface area (Å²) in [6, 6.07) is 3.32. The molecule has 3 heteroatoms. The first-order valence-electron chi connectivity index (χ1n) is 5.17. The van der Waals surface area contributed by atoms with E-state index in [0.29, 0.717) is 12.8 Å². The first-order valence-corrected chi connectivity index (χ1v) is 5.17. The standard InChI is InChI=1S/C12H16F2O/c1-3-12(15,4-2)8-9-7-10(13)5-6-11(9)14/h5-7,15H,3-4,8H2,1-2H3. The Morgan fingerprint density at radius 1 is 1.20 bits per heavy atom. The largest absolute Gasteiger partial charge is 0.390 e. The van der Waals surface area contributed by atoms with Crippen molar-refractivity contribution in [2.24, 2.45) is 0 Å². The zero-order valence-electron chi connectivity index (χ0n) is 9.06. The van der Waals surface area contributed by atoms with Crippen LogP contribution in [0.3, 0.4) is 0 Å². The highest BCUT2D eigenvalue weighted by Gasteiger charge is 2.24. The van der Waals surface area contributed by atoms with Crippen LogP contribution >= 0.6 is 0 Å². The Bertz CT molecular complexity index is 332. The molecule has 1 N–H and O–H groups in total. The van der Waals surface area contributed by atoms with Gasteiger partial charge in [0.1, 0.15) is 11.6 Å². The molecule has 15 heavy (non-hydrogen) atoms. The fourth-order valence-electron chi connectivity index (χ4n) is 1.53. The second-order valence-electron chi connectivity index (χ2n) is 3.84. The third kappa shape index (κ3) is 2.99. The van der Waals surface area contributed by atoms with Crippen molar-refractivity contribution in [1.29, 1.82) is 0 Å². The van der Waals surface area contributed by atoms with Crippen molar-refractivity contribution in [2.45, 2.75) is 38.7 Å². The molecule has 0 aliphatic carbocycles. The number of rotatable bonds is 4. The Hall–Kier alpha value is -0.960. The molecule has 0 unspecified atom stereocenters. The fraction of sp³-hybridized carbons (Fsp3) is 0.500. The van der Waals surface area contributed by atoms with E-state index in [2.05, 4.69) is 0 Å². The van der Waals surface area contributed by atoms with E-state index in [0.717, 1.165) is 18.2 Å². The zero-order valence-corrected chi connectivity index (χ0v) is 9.06. The van der Waals surface area contributed by atoms with Crippen LogP contribution in [-0.4, -0.2) is 10.7 Å². The van der Waals surface area contributed by atoms with Crippen molar-refractivity contribution in [3.05, 3.63) is 35.4 Å². The van der Waals surface area contributed by atoms with Gasteiger partial charge in [0.15, 0.2) is 0 Å². The molecular weight excluding hydrogens is 198 g/mol. The van der Waals surface area contributed by atoms with Crippen LogP contribution in [0, 0.1) is 11.6 Å². The van der Waals surface area contributed by atoms with Gasteiger partial charge in [-0.05, 0) is 36.6 Å². The first-order chi connectivity index (χ1) is 7.00. The maximum atomic E-state index is 13.3. The molecule has 0 aromatic heterocycles. The molecule has 1 aromatic carbocycles. The molecule has 0 aliphatic rings. The first kappa shape index (κ1) is 12.1. The van der Waals surface area contributed by atoms with E-state index in [1.165, 1.54) is 0 Å². The average Bonchev–Trinajstić information content (AvgIpc) is 2.23. The highest BCUT2D eigenvalue weighted by Crippen LogP contribution is 2.23. The van der Waals surface area contributed by atoms with Gasteiger partial charge < -0.3 is 5.11 Å². The van der Waals surface area contributed by atoms with Crippen LogP contribution in [0.5, 0.6) is 0 Å². The van der Waals surface area contributed by atoms with Gasteiger partial charge >= 0.3 is 0 Å². The Balaban J connectivity index is 2.92. The number of aliphatic hydroxyl groups is 1. The molecule has 0 atom stereocenters. The second kappa shape index (κ2) is 4.71. The molecule has 0 saturated carbocycles. The van der Waals surface area contributed by atoms with Crippen LogP contribution in [0.15, 0.2) is 18.2 Å². The molecule has 1 aromatic rings. The molecular formula is C12H16F2O. The van der Waals surface area contributed by atoms with E-state index < -0.39 is 17.2 Å². The summed E-state index contributed by atoms with van der Waals surface area (Å²) >= 11 is 0. The van der Waals surface area contributed by atoms with Gasteiger partial charge in [-0.3, -0.25) is 0 Å². The van der Waals surface area contributed by atoms with Gasteiger partial charge in [-0.2, -0.15) is 0 Å². The Labute approximate surface area is 88.7 Å². The second-order valence-corrected chi connectivity index (χ2v) is 3.84. The molecule has 0 saturated heterocycles. The van der Waals surface area contributed by atoms with Crippen LogP contribution in [0.2, 0.25) is 0 Å². The molecule has 0 fully saturated rings. The van der Waals surface area contributed by atoms with E-state index in [1.54, 1.807) is 0 Å². The monoisotopic (exact) mass is 214 g/mol. The number of halogens is 2. The summed E-state index contributed by atoms with van der Waals surface area (Å²) in [5.41, 5.74) is -0.699. The van der Waals surface area contributed by atoms with E-state index >= 15 is 0 Å². The van der Waals surface area contributed by atoms with Gasteiger partial charge in [-0.15, -0.1) is 0 Å². The predicted molar refractivity (Wildman–Crippen MR) is 55.6 cm³/mol. The van der Waals surface area contributed by atoms with Crippen LogP contribution in [0.1, 0.15) is 32.3 Å². The summed E-state index contributed by atoms with van der Waals surface area (Å²) in [6.07, 6.45) is 1.21. The summed E-state index contributed by atoms with van der Waals surface area (Å²) in [4.78, 5) is 0. The molecule has 84 valence electrons. The molecule has 0 spiro atoms. The van der Waals surface area contributed by atoms with Gasteiger partial charge in [0.25, 0.3) is 0 Å². The SMILES string of the molecule is CCC(O)(CC)Cc1cc(F)ccc1F. The van der Waals surface area contributed by atoms with Crippen molar-refractivity contribution in [3.63, 3.8) is 0 Å². The van der Waals surface area contributed by atoms with E-state index in [-0.39, 0.29) is 12.0 Å². The van der Waals surface area contributed by atoms with Gasteiger partial charge in [-0.1, -0.05) is 13.8 Å². The summed E-state index contributed by atoms with van der Waals surface area (Å²) in [6.45, 7) is 3.67. The lowest BCUT2D eigenvalue weighted by molar-refractivity contribution is 0.0318. The van der Waals surface area contributed by atoms with Gasteiger partial charge in [0.05, 0.1) is 5.60 Å². The predicted octanol–water partition coefficient (Wildman–Crippen LogP) is 3.06. The third-order valence-electron chi connectivity index (χ3n) is 2.84. The lowest BCUT2D eigenvalue weighted by Gasteiger charge is -2.25. The summed E-state index contributed by atoms with van der Waals surface area (Å²) in [7, 11) is 0. The number of benzene rings is 1. The summed E-state index contributed by atoms with van der Waals surface area (Å²) < 4.78 is 26.2. The van der Waals surface area contributed by atoms with Gasteiger partial charge in [-0.25, -0.2) is 8.78 Å². The molecule has 0 bridgehead atoms. The minimum Gasteiger partial charge on any atom is -0.390 e. The quantitative estimate of drug-likeness (QED) is 0.816. The topological polar surface area (TPSA) is 20.2 Å². The number of hydrogen-bond acceptors (Lipinski definition) is 1. The van der Waals surface area contributed by atoms with Crippen molar-refractivity contribution in [1.82, 2.24) is 0 Å². The molecule has 0 aliphatic heterocycles. The normalized spacial score (nSPS) is 11.8. The molecule has 0 amide bonds. The maximum absolute atomic E-state index is 13.3. The third-order valence-corrected chi connectivity index (χ3v) is 2.84. The molecule has 0 heterocycles. The Morgan fingerprint density at radius 2 is 1.80 bits per heavy atom. The lowest BCUT2D eigenvalue weighted by atomic mass is 9.89. The lowest BCUT2D eigenvalue weighted by Crippen LogP contribution is -2.29. The Kier molecular flexibility index (Phi) is 3.80. The van der Waals surface area contributed by atoms with Crippen molar-refractivity contribution in [2.75, 3.05) is 0 Å². The Morgan fingerprint density at radius 3 is 2.33 bits per heavy atom. The van der Waals surface area contributed by atoms with E-state index in [1.807, 2.05) is 13.8 Å². The number of hydrogen-bond donors (Lipinski definition) is 1. The van der Waals surface area contributed by atoms with E-state index in [4.69, 9.17) is 0 Å². The highest BCUT2D eigenvalue weighted by molar-refractivity contribution is 5.20. The zero-order chi connectivity index (χ0) is 11.5. The van der Waals surface area contributed by atoms with Crippen molar-refractivity contribution >= 4 is 0 Å². The highest BCUT2D eigenvalue weighted by atomic mass is 19.1. The maximum Gasteiger partial charge on any atom is 0.126 e. The van der Waals surface area contributed by atoms with Crippen molar-refractivity contribution in [3.8, 4) is 0 Å². The van der Waals surface area contributed by atoms with Crippen LogP contribution < -0.4 is 0 Å².